The molecule has 0 aliphatic carbocycles. The van der Waals surface area contributed by atoms with Crippen LogP contribution in [-0.4, -0.2) is 41.4 Å². The number of aromatic hydroxyl groups is 2. The van der Waals surface area contributed by atoms with Gasteiger partial charge in [0.25, 0.3) is 0 Å². The number of ketones is 1. The van der Waals surface area contributed by atoms with Crippen molar-refractivity contribution in [2.45, 2.75) is 25.4 Å². The number of Topliss-reactive ketones (excluding diaryl/α,β-unsaturated/α-hetero) is 1. The molecule has 0 amide bonds. The fourth-order valence-electron chi connectivity index (χ4n) is 2.55. The second-order valence-electron chi connectivity index (χ2n) is 5.71. The molecule has 1 atom stereocenters. The highest BCUT2D eigenvalue weighted by Crippen LogP contribution is 2.34. The number of aliphatic hydroxyl groups excluding tert-OH is 1. The molecule has 0 unspecified atom stereocenters. The van der Waals surface area contributed by atoms with Crippen molar-refractivity contribution < 1.29 is 29.6 Å². The van der Waals surface area contributed by atoms with Crippen LogP contribution in [-0.2, 0) is 6.42 Å². The minimum absolute atomic E-state index is 0.0342. The molecule has 0 aliphatic rings. The highest BCUT2D eigenvalue weighted by Gasteiger charge is 2.21. The highest BCUT2D eigenvalue weighted by atomic mass is 16.5. The minimum atomic E-state index is -0.854. The van der Waals surface area contributed by atoms with Crippen LogP contribution in [0.25, 0.3) is 0 Å². The maximum atomic E-state index is 12.4. The van der Waals surface area contributed by atoms with Crippen LogP contribution in [0.2, 0.25) is 0 Å². The third-order valence-corrected chi connectivity index (χ3v) is 3.91. The number of aryl methyl sites for hydroxylation is 1. The summed E-state index contributed by atoms with van der Waals surface area (Å²) in [7, 11) is 2.84. The topological polar surface area (TPSA) is 96.2 Å². The van der Waals surface area contributed by atoms with Gasteiger partial charge in [-0.1, -0.05) is 12.1 Å². The van der Waals surface area contributed by atoms with E-state index in [0.717, 1.165) is 5.56 Å². The molecule has 6 heteroatoms. The summed E-state index contributed by atoms with van der Waals surface area (Å²) in [5.74, 6) is 0.107. The first-order valence-corrected chi connectivity index (χ1v) is 7.88. The summed E-state index contributed by atoms with van der Waals surface area (Å²) >= 11 is 0. The summed E-state index contributed by atoms with van der Waals surface area (Å²) in [6.07, 6.45) is -0.0302. The molecule has 2 aromatic rings. The van der Waals surface area contributed by atoms with Crippen molar-refractivity contribution in [2.75, 3.05) is 14.2 Å². The molecule has 0 fully saturated rings. The Morgan fingerprint density at radius 2 is 1.76 bits per heavy atom. The van der Waals surface area contributed by atoms with Crippen LogP contribution in [0.1, 0.15) is 28.8 Å². The Hall–Kier alpha value is -2.73. The first-order valence-electron chi connectivity index (χ1n) is 7.88. The van der Waals surface area contributed by atoms with Crippen LogP contribution in [0.15, 0.2) is 36.4 Å². The van der Waals surface area contributed by atoms with Gasteiger partial charge in [0.05, 0.1) is 20.3 Å². The molecule has 25 heavy (non-hydrogen) atoms. The van der Waals surface area contributed by atoms with E-state index in [1.54, 1.807) is 24.3 Å². The number of carbonyl (C=O) groups is 1. The number of hydrogen-bond acceptors (Lipinski definition) is 6. The number of methoxy groups -OCH3 is 2. The zero-order valence-electron chi connectivity index (χ0n) is 14.2. The summed E-state index contributed by atoms with van der Waals surface area (Å²) in [6.45, 7) is 0. The molecule has 6 nitrogen and oxygen atoms in total. The molecular weight excluding hydrogens is 324 g/mol. The average molecular weight is 346 g/mol. The Morgan fingerprint density at radius 1 is 1.08 bits per heavy atom. The summed E-state index contributed by atoms with van der Waals surface area (Å²) in [4.78, 5) is 12.4. The predicted molar refractivity (Wildman–Crippen MR) is 92.6 cm³/mol. The Morgan fingerprint density at radius 3 is 2.36 bits per heavy atom. The predicted octanol–water partition coefficient (Wildman–Crippen LogP) is 2.68. The zero-order chi connectivity index (χ0) is 18.4. The molecule has 2 rings (SSSR count). The Balaban J connectivity index is 2.02. The molecule has 0 heterocycles. The Labute approximate surface area is 146 Å². The smallest absolute Gasteiger partial charge is 0.172 e. The molecule has 134 valence electrons. The van der Waals surface area contributed by atoms with Crippen molar-refractivity contribution >= 4 is 5.78 Å². The van der Waals surface area contributed by atoms with Crippen molar-refractivity contribution in [1.82, 2.24) is 0 Å². The molecule has 0 saturated carbocycles. The zero-order valence-corrected chi connectivity index (χ0v) is 14.2. The first kappa shape index (κ1) is 18.6. The Kier molecular flexibility index (Phi) is 6.25. The molecule has 0 bridgehead atoms. The van der Waals surface area contributed by atoms with Crippen molar-refractivity contribution in [3.05, 3.63) is 47.5 Å². The maximum absolute atomic E-state index is 12.4. The third-order valence-electron chi connectivity index (χ3n) is 3.91. The quantitative estimate of drug-likeness (QED) is 0.636. The van der Waals surface area contributed by atoms with Crippen molar-refractivity contribution in [3.63, 3.8) is 0 Å². The molecule has 0 aliphatic heterocycles. The minimum Gasteiger partial charge on any atom is -0.508 e. The number of ether oxygens (including phenoxy) is 2. The lowest BCUT2D eigenvalue weighted by molar-refractivity contribution is 0.0863. The lowest BCUT2D eigenvalue weighted by atomic mass is 9.99. The van der Waals surface area contributed by atoms with Gasteiger partial charge >= 0.3 is 0 Å². The van der Waals surface area contributed by atoms with Crippen molar-refractivity contribution in [1.29, 1.82) is 0 Å². The Bertz CT molecular complexity index is 723. The van der Waals surface area contributed by atoms with Crippen molar-refractivity contribution in [2.24, 2.45) is 0 Å². The van der Waals surface area contributed by atoms with Gasteiger partial charge in [0.1, 0.15) is 28.6 Å². The number of phenolic OH excluding ortho intramolecular Hbond substituents is 2. The van der Waals surface area contributed by atoms with E-state index >= 15 is 0 Å². The van der Waals surface area contributed by atoms with Gasteiger partial charge in [-0.25, -0.2) is 0 Å². The number of hydrogen-bond donors (Lipinski definition) is 3. The van der Waals surface area contributed by atoms with Crippen molar-refractivity contribution in [3.8, 4) is 23.0 Å². The molecule has 3 N–H and O–H groups in total. The fraction of sp³-hybridized carbons (Fsp3) is 0.316. The molecule has 2 aromatic carbocycles. The van der Waals surface area contributed by atoms with E-state index in [-0.39, 0.29) is 29.2 Å². The normalized spacial score (nSPS) is 11.8. The molecule has 0 aromatic heterocycles. The fourth-order valence-corrected chi connectivity index (χ4v) is 2.55. The van der Waals surface area contributed by atoms with Gasteiger partial charge in [-0.2, -0.15) is 0 Å². The van der Waals surface area contributed by atoms with E-state index in [1.807, 2.05) is 0 Å². The number of benzene rings is 2. The van der Waals surface area contributed by atoms with Gasteiger partial charge in [0, 0.05) is 18.6 Å². The molecule has 0 spiro atoms. The molecule has 0 radical (unpaired) electrons. The summed E-state index contributed by atoms with van der Waals surface area (Å²) in [5.41, 5.74) is 0.987. The largest absolute Gasteiger partial charge is 0.508 e. The van der Waals surface area contributed by atoms with Crippen LogP contribution < -0.4 is 9.47 Å². The van der Waals surface area contributed by atoms with Crippen LogP contribution in [0, 0.1) is 0 Å². The molecule has 0 saturated heterocycles. The van der Waals surface area contributed by atoms with Gasteiger partial charge < -0.3 is 24.8 Å². The molecular formula is C19H22O6. The van der Waals surface area contributed by atoms with E-state index in [4.69, 9.17) is 9.47 Å². The van der Waals surface area contributed by atoms with Crippen LogP contribution in [0.4, 0.5) is 0 Å². The van der Waals surface area contributed by atoms with Gasteiger partial charge in [-0.15, -0.1) is 0 Å². The van der Waals surface area contributed by atoms with E-state index < -0.39 is 11.9 Å². The number of carbonyl (C=O) groups excluding carboxylic acids is 1. The summed E-state index contributed by atoms with van der Waals surface area (Å²) in [5, 5.41) is 29.5. The van der Waals surface area contributed by atoms with Gasteiger partial charge in [0.2, 0.25) is 0 Å². The third kappa shape index (κ3) is 4.87. The van der Waals surface area contributed by atoms with E-state index in [1.165, 1.54) is 26.4 Å². The summed E-state index contributed by atoms with van der Waals surface area (Å²) in [6, 6.07) is 9.53. The van der Waals surface area contributed by atoms with Gasteiger partial charge in [0.15, 0.2) is 5.78 Å². The van der Waals surface area contributed by atoms with Crippen LogP contribution in [0.3, 0.4) is 0 Å². The lowest BCUT2D eigenvalue weighted by Gasteiger charge is -2.14. The SMILES string of the molecule is COc1cc(O)c(C(=O)C[C@H](O)CCc2ccc(O)cc2)c(OC)c1. The average Bonchev–Trinajstić information content (AvgIpc) is 2.60. The number of phenols is 2. The lowest BCUT2D eigenvalue weighted by Crippen LogP contribution is -2.15. The van der Waals surface area contributed by atoms with E-state index in [2.05, 4.69) is 0 Å². The number of aliphatic hydroxyl groups is 1. The van der Waals surface area contributed by atoms with Crippen LogP contribution >= 0.6 is 0 Å². The number of rotatable bonds is 8. The summed E-state index contributed by atoms with van der Waals surface area (Å²) < 4.78 is 10.2. The maximum Gasteiger partial charge on any atom is 0.172 e. The van der Waals surface area contributed by atoms with Crippen LogP contribution in [0.5, 0.6) is 23.0 Å². The highest BCUT2D eigenvalue weighted by molar-refractivity contribution is 6.01. The van der Waals surface area contributed by atoms with Gasteiger partial charge in [-0.3, -0.25) is 4.79 Å². The van der Waals surface area contributed by atoms with E-state index in [0.29, 0.717) is 18.6 Å². The second kappa shape index (κ2) is 8.39. The van der Waals surface area contributed by atoms with Gasteiger partial charge in [-0.05, 0) is 30.5 Å². The monoisotopic (exact) mass is 346 g/mol. The van der Waals surface area contributed by atoms with E-state index in [9.17, 15) is 20.1 Å². The second-order valence-corrected chi connectivity index (χ2v) is 5.71. The standard InChI is InChI=1S/C19H22O6/c1-24-15-10-17(23)19(18(11-15)25-2)16(22)9-14(21)8-5-12-3-6-13(20)7-4-12/h3-4,6-7,10-11,14,20-21,23H,5,8-9H2,1-2H3/t14-/m1/s1. The first-order chi connectivity index (χ1) is 11.9.